The maximum Gasteiger partial charge on any atom is 0.244 e. The summed E-state index contributed by atoms with van der Waals surface area (Å²) < 4.78 is 1.91. The van der Waals surface area contributed by atoms with Gasteiger partial charge in [0.2, 0.25) is 5.91 Å². The van der Waals surface area contributed by atoms with Crippen LogP contribution in [-0.2, 0) is 17.8 Å². The van der Waals surface area contributed by atoms with Gasteiger partial charge in [-0.3, -0.25) is 9.48 Å². The summed E-state index contributed by atoms with van der Waals surface area (Å²) in [5.74, 6) is 1.11. The first kappa shape index (κ1) is 28.6. The Morgan fingerprint density at radius 3 is 2.19 bits per heavy atom. The predicted molar refractivity (Wildman–Crippen MR) is 136 cm³/mol. The van der Waals surface area contributed by atoms with Gasteiger partial charge in [-0.05, 0) is 57.7 Å². The fraction of sp³-hybridized carbons (Fsp3) is 0.846. The van der Waals surface area contributed by atoms with Crippen LogP contribution in [0.1, 0.15) is 85.0 Å². The summed E-state index contributed by atoms with van der Waals surface area (Å²) in [6.45, 7) is 21.4. The molecule has 0 bridgehead atoms. The van der Waals surface area contributed by atoms with Crippen molar-refractivity contribution >= 4 is 5.91 Å². The number of hydrogen-bond donors (Lipinski definition) is 1. The first-order valence-electron chi connectivity index (χ1n) is 13.4. The van der Waals surface area contributed by atoms with E-state index < -0.39 is 0 Å². The maximum atomic E-state index is 12.7. The van der Waals surface area contributed by atoms with E-state index in [9.17, 15) is 4.79 Å². The van der Waals surface area contributed by atoms with Crippen molar-refractivity contribution in [3.05, 3.63) is 17.5 Å². The van der Waals surface area contributed by atoms with Gasteiger partial charge in [-0.2, -0.15) is 5.10 Å². The molecule has 0 radical (unpaired) electrons. The summed E-state index contributed by atoms with van der Waals surface area (Å²) in [6, 6.07) is 2.54. The van der Waals surface area contributed by atoms with Gasteiger partial charge in [0.05, 0.1) is 5.69 Å². The second-order valence-corrected chi connectivity index (χ2v) is 8.70. The largest absolute Gasteiger partial charge is 0.338 e. The summed E-state index contributed by atoms with van der Waals surface area (Å²) in [4.78, 5) is 17.5. The molecule has 6 nitrogen and oxygen atoms in total. The van der Waals surface area contributed by atoms with Crippen LogP contribution < -0.4 is 5.32 Å². The van der Waals surface area contributed by atoms with E-state index in [4.69, 9.17) is 0 Å². The smallest absolute Gasteiger partial charge is 0.244 e. The van der Waals surface area contributed by atoms with Gasteiger partial charge in [0, 0.05) is 44.3 Å². The van der Waals surface area contributed by atoms with Gasteiger partial charge in [0.25, 0.3) is 0 Å². The topological polar surface area (TPSA) is 53.4 Å². The van der Waals surface area contributed by atoms with Crippen molar-refractivity contribution in [2.75, 3.05) is 39.3 Å². The maximum absolute atomic E-state index is 12.7. The molecule has 6 heteroatoms. The van der Waals surface area contributed by atoms with E-state index >= 15 is 0 Å². The molecule has 32 heavy (non-hydrogen) atoms. The molecule has 0 aromatic carbocycles. The molecule has 0 spiro atoms. The zero-order valence-corrected chi connectivity index (χ0v) is 22.1. The number of piperidine rings is 2. The quantitative estimate of drug-likeness (QED) is 0.738. The molecule has 0 atom stereocenters. The van der Waals surface area contributed by atoms with Gasteiger partial charge < -0.3 is 15.1 Å². The SMILES string of the molecule is CC.CC.CCC.Cc1cc2n(n1)CC(=O)N(C1CCN(CC3CCNCC3)CC1)CC2. The van der Waals surface area contributed by atoms with Crippen LogP contribution in [0.25, 0.3) is 0 Å². The van der Waals surface area contributed by atoms with Crippen LogP contribution in [0.3, 0.4) is 0 Å². The Morgan fingerprint density at radius 1 is 1.00 bits per heavy atom. The van der Waals surface area contributed by atoms with E-state index in [1.807, 2.05) is 39.3 Å². The second-order valence-electron chi connectivity index (χ2n) is 8.70. The third-order valence-electron chi connectivity index (χ3n) is 6.17. The fourth-order valence-corrected chi connectivity index (χ4v) is 4.75. The average molecular weight is 450 g/mol. The number of fused-ring (bicyclic) bond motifs is 1. The number of nitrogens with zero attached hydrogens (tertiary/aromatic N) is 4. The number of aromatic nitrogens is 2. The monoisotopic (exact) mass is 449 g/mol. The summed E-state index contributed by atoms with van der Waals surface area (Å²) in [5.41, 5.74) is 2.22. The number of carbonyl (C=O) groups is 1. The van der Waals surface area contributed by atoms with Crippen molar-refractivity contribution in [1.82, 2.24) is 24.9 Å². The zero-order valence-electron chi connectivity index (χ0n) is 22.1. The summed E-state index contributed by atoms with van der Waals surface area (Å²) in [7, 11) is 0. The normalized spacial score (nSPS) is 20.0. The van der Waals surface area contributed by atoms with Crippen LogP contribution >= 0.6 is 0 Å². The minimum absolute atomic E-state index is 0.249. The highest BCUT2D eigenvalue weighted by Crippen LogP contribution is 2.22. The number of hydrogen-bond acceptors (Lipinski definition) is 4. The Kier molecular flexibility index (Phi) is 14.5. The number of rotatable bonds is 3. The van der Waals surface area contributed by atoms with E-state index in [0.717, 1.165) is 50.5 Å². The van der Waals surface area contributed by atoms with E-state index in [1.165, 1.54) is 44.6 Å². The molecule has 0 aliphatic carbocycles. The molecule has 186 valence electrons. The third kappa shape index (κ3) is 8.86. The Labute approximate surface area is 198 Å². The van der Waals surface area contributed by atoms with E-state index in [2.05, 4.69) is 40.1 Å². The number of carbonyl (C=O) groups excluding carboxylic acids is 1. The van der Waals surface area contributed by atoms with Crippen LogP contribution in [-0.4, -0.2) is 70.8 Å². The Hall–Kier alpha value is -1.40. The molecule has 1 N–H and O–H groups in total. The second kappa shape index (κ2) is 16.2. The van der Waals surface area contributed by atoms with Gasteiger partial charge in [0.15, 0.2) is 0 Å². The Balaban J connectivity index is 0.000000662. The highest BCUT2D eigenvalue weighted by molar-refractivity contribution is 5.76. The lowest BCUT2D eigenvalue weighted by molar-refractivity contribution is -0.134. The number of aryl methyl sites for hydroxylation is 1. The number of amides is 1. The first-order chi connectivity index (χ1) is 15.6. The van der Waals surface area contributed by atoms with Gasteiger partial charge in [-0.15, -0.1) is 0 Å². The van der Waals surface area contributed by atoms with Crippen LogP contribution in [0, 0.1) is 12.8 Å². The Morgan fingerprint density at radius 2 is 1.59 bits per heavy atom. The standard InChI is InChI=1S/C19H31N5O.C3H8.2C2H6/c1-15-12-18-6-11-23(19(25)14-24(18)21-15)17-4-9-22(10-5-17)13-16-2-7-20-8-3-16;1-3-2;2*1-2/h12,16-17,20H,2-11,13-14H2,1H3;3H2,1-2H3;2*1-2H3. The summed E-state index contributed by atoms with van der Waals surface area (Å²) >= 11 is 0. The van der Waals surface area contributed by atoms with Crippen molar-refractivity contribution in [2.24, 2.45) is 5.92 Å². The van der Waals surface area contributed by atoms with Gasteiger partial charge >= 0.3 is 0 Å². The van der Waals surface area contributed by atoms with E-state index in [0.29, 0.717) is 12.6 Å². The van der Waals surface area contributed by atoms with Gasteiger partial charge in [-0.1, -0.05) is 48.0 Å². The Bertz CT molecular complexity index is 616. The van der Waals surface area contributed by atoms with Crippen LogP contribution in [0.4, 0.5) is 0 Å². The van der Waals surface area contributed by atoms with Gasteiger partial charge in [0.1, 0.15) is 6.54 Å². The molecule has 4 heterocycles. The molecule has 2 fully saturated rings. The van der Waals surface area contributed by atoms with Crippen molar-refractivity contribution in [1.29, 1.82) is 0 Å². The molecular formula is C26H51N5O. The van der Waals surface area contributed by atoms with Crippen molar-refractivity contribution in [3.8, 4) is 0 Å². The minimum Gasteiger partial charge on any atom is -0.338 e. The number of nitrogens with one attached hydrogen (secondary N) is 1. The van der Waals surface area contributed by atoms with Crippen molar-refractivity contribution in [3.63, 3.8) is 0 Å². The van der Waals surface area contributed by atoms with Crippen LogP contribution in [0.2, 0.25) is 0 Å². The van der Waals surface area contributed by atoms with E-state index in [-0.39, 0.29) is 5.91 Å². The van der Waals surface area contributed by atoms with Crippen molar-refractivity contribution < 1.29 is 4.79 Å². The lowest BCUT2D eigenvalue weighted by Crippen LogP contribution is -2.49. The molecule has 0 saturated carbocycles. The van der Waals surface area contributed by atoms with Crippen LogP contribution in [0.15, 0.2) is 6.07 Å². The number of likely N-dealkylation sites (tertiary alicyclic amines) is 1. The molecular weight excluding hydrogens is 398 g/mol. The van der Waals surface area contributed by atoms with Crippen LogP contribution in [0.5, 0.6) is 0 Å². The lowest BCUT2D eigenvalue weighted by Gasteiger charge is -2.39. The molecule has 2 saturated heterocycles. The summed E-state index contributed by atoms with van der Waals surface area (Å²) in [5, 5.41) is 7.93. The summed E-state index contributed by atoms with van der Waals surface area (Å²) in [6.07, 6.45) is 7.06. The predicted octanol–water partition coefficient (Wildman–Crippen LogP) is 4.51. The van der Waals surface area contributed by atoms with Crippen molar-refractivity contribution in [2.45, 2.75) is 99.6 Å². The zero-order chi connectivity index (χ0) is 23.9. The third-order valence-corrected chi connectivity index (χ3v) is 6.17. The molecule has 1 aromatic heterocycles. The molecule has 0 unspecified atom stereocenters. The van der Waals surface area contributed by atoms with Gasteiger partial charge in [-0.25, -0.2) is 0 Å². The molecule has 4 rings (SSSR count). The molecule has 3 aliphatic rings. The average Bonchev–Trinajstić information content (AvgIpc) is 3.10. The lowest BCUT2D eigenvalue weighted by atomic mass is 9.95. The molecule has 1 amide bonds. The minimum atomic E-state index is 0.249. The highest BCUT2D eigenvalue weighted by atomic mass is 16.2. The molecule has 1 aromatic rings. The fourth-order valence-electron chi connectivity index (χ4n) is 4.75. The van der Waals surface area contributed by atoms with E-state index in [1.54, 1.807) is 0 Å². The molecule has 3 aliphatic heterocycles. The first-order valence-corrected chi connectivity index (χ1v) is 13.4. The highest BCUT2D eigenvalue weighted by Gasteiger charge is 2.31.